The molecule has 2 heterocycles. The van der Waals surface area contributed by atoms with Crippen molar-refractivity contribution >= 4 is 33.4 Å². The first-order valence-electron chi connectivity index (χ1n) is 8.78. The SMILES string of the molecule is N#Cc1c(N2CCOCC2)sc(C=O)c1C(F)(F)c1ccc2ccccc2c1. The van der Waals surface area contributed by atoms with Gasteiger partial charge in [-0.2, -0.15) is 14.0 Å². The second-order valence-electron chi connectivity index (χ2n) is 6.49. The summed E-state index contributed by atoms with van der Waals surface area (Å²) in [6.45, 7) is 1.90. The molecule has 28 heavy (non-hydrogen) atoms. The number of rotatable bonds is 4. The average molecular weight is 398 g/mol. The first kappa shape index (κ1) is 18.5. The van der Waals surface area contributed by atoms with Gasteiger partial charge in [0, 0.05) is 18.7 Å². The highest BCUT2D eigenvalue weighted by Crippen LogP contribution is 2.46. The fraction of sp³-hybridized carbons (Fsp3) is 0.238. The molecule has 0 spiro atoms. The van der Waals surface area contributed by atoms with Gasteiger partial charge in [-0.25, -0.2) is 0 Å². The summed E-state index contributed by atoms with van der Waals surface area (Å²) in [6.07, 6.45) is 0.416. The van der Waals surface area contributed by atoms with Crippen molar-refractivity contribution in [2.45, 2.75) is 5.92 Å². The largest absolute Gasteiger partial charge is 0.378 e. The van der Waals surface area contributed by atoms with E-state index in [0.717, 1.165) is 16.7 Å². The lowest BCUT2D eigenvalue weighted by atomic mass is 9.95. The second kappa shape index (κ2) is 7.30. The van der Waals surface area contributed by atoms with Gasteiger partial charge in [-0.05, 0) is 16.8 Å². The molecule has 2 aromatic carbocycles. The summed E-state index contributed by atoms with van der Waals surface area (Å²) in [5.41, 5.74) is -0.879. The van der Waals surface area contributed by atoms with Crippen molar-refractivity contribution in [1.29, 1.82) is 5.26 Å². The van der Waals surface area contributed by atoms with E-state index in [1.165, 1.54) is 12.1 Å². The van der Waals surface area contributed by atoms with E-state index >= 15 is 8.78 Å². The van der Waals surface area contributed by atoms with Gasteiger partial charge < -0.3 is 9.64 Å². The lowest BCUT2D eigenvalue weighted by Crippen LogP contribution is -2.36. The Balaban J connectivity index is 1.86. The number of fused-ring (bicyclic) bond motifs is 1. The van der Waals surface area contributed by atoms with Crippen molar-refractivity contribution in [1.82, 2.24) is 0 Å². The van der Waals surface area contributed by atoms with Crippen LogP contribution in [0.4, 0.5) is 13.8 Å². The van der Waals surface area contributed by atoms with Crippen LogP contribution in [0.2, 0.25) is 0 Å². The number of hydrogen-bond acceptors (Lipinski definition) is 5. The van der Waals surface area contributed by atoms with Crippen molar-refractivity contribution in [2.24, 2.45) is 0 Å². The molecule has 0 N–H and O–H groups in total. The van der Waals surface area contributed by atoms with Crippen LogP contribution < -0.4 is 4.90 Å². The molecule has 142 valence electrons. The number of thiophene rings is 1. The minimum Gasteiger partial charge on any atom is -0.378 e. The fourth-order valence-corrected chi connectivity index (χ4v) is 4.60. The van der Waals surface area contributed by atoms with E-state index in [1.807, 2.05) is 23.1 Å². The molecule has 1 aliphatic rings. The number of benzene rings is 2. The van der Waals surface area contributed by atoms with Gasteiger partial charge >= 0.3 is 5.92 Å². The summed E-state index contributed by atoms with van der Waals surface area (Å²) in [5.74, 6) is -3.47. The third-order valence-corrected chi connectivity index (χ3v) is 6.04. The molecule has 3 aromatic rings. The Hall–Kier alpha value is -2.82. The Morgan fingerprint density at radius 1 is 1.14 bits per heavy atom. The number of ether oxygens (including phenoxy) is 1. The van der Waals surface area contributed by atoms with Gasteiger partial charge in [0.25, 0.3) is 0 Å². The van der Waals surface area contributed by atoms with Crippen LogP contribution in [0.1, 0.15) is 26.4 Å². The first-order valence-corrected chi connectivity index (χ1v) is 9.60. The normalized spacial score (nSPS) is 14.8. The van der Waals surface area contributed by atoms with Crippen molar-refractivity contribution in [3.63, 3.8) is 0 Å². The molecular weight excluding hydrogens is 382 g/mol. The highest BCUT2D eigenvalue weighted by molar-refractivity contribution is 7.18. The standard InChI is InChI=1S/C21H16F2N2O2S/c22-21(23,16-6-5-14-3-1-2-4-15(14)11-16)19-17(12-24)20(28-18(19)13-26)25-7-9-27-10-8-25/h1-6,11,13H,7-10H2. The topological polar surface area (TPSA) is 53.3 Å². The van der Waals surface area contributed by atoms with Crippen LogP contribution in [0.3, 0.4) is 0 Å². The van der Waals surface area contributed by atoms with Crippen LogP contribution in [0, 0.1) is 11.3 Å². The number of morpholine rings is 1. The number of carbonyl (C=O) groups is 1. The second-order valence-corrected chi connectivity index (χ2v) is 7.52. The van der Waals surface area contributed by atoms with Gasteiger partial charge in [0.15, 0.2) is 6.29 Å². The van der Waals surface area contributed by atoms with Gasteiger partial charge in [0.2, 0.25) is 0 Å². The Kier molecular flexibility index (Phi) is 4.84. The number of nitriles is 1. The lowest BCUT2D eigenvalue weighted by Gasteiger charge is -2.28. The van der Waals surface area contributed by atoms with Gasteiger partial charge in [-0.3, -0.25) is 4.79 Å². The third kappa shape index (κ3) is 3.05. The van der Waals surface area contributed by atoms with Gasteiger partial charge in [0.05, 0.1) is 29.2 Å². The number of alkyl halides is 2. The Bertz CT molecular complexity index is 1080. The van der Waals surface area contributed by atoms with E-state index in [1.54, 1.807) is 18.2 Å². The van der Waals surface area contributed by atoms with Crippen molar-refractivity contribution in [3.8, 4) is 6.07 Å². The molecular formula is C21H16F2N2O2S. The van der Waals surface area contributed by atoms with E-state index in [-0.39, 0.29) is 16.0 Å². The zero-order valence-electron chi connectivity index (χ0n) is 14.8. The summed E-state index contributed by atoms with van der Waals surface area (Å²) in [6, 6.07) is 13.5. The predicted octanol–water partition coefficient (Wildman–Crippen LogP) is 4.56. The van der Waals surface area contributed by atoms with Crippen molar-refractivity contribution < 1.29 is 18.3 Å². The average Bonchev–Trinajstić information content (AvgIpc) is 3.13. The van der Waals surface area contributed by atoms with Crippen LogP contribution in [-0.4, -0.2) is 32.6 Å². The minimum absolute atomic E-state index is 0.115. The molecule has 0 amide bonds. The molecule has 1 fully saturated rings. The molecule has 0 aliphatic carbocycles. The molecule has 0 unspecified atom stereocenters. The summed E-state index contributed by atoms with van der Waals surface area (Å²) in [5, 5.41) is 11.6. The molecule has 4 nitrogen and oxygen atoms in total. The number of aldehydes is 1. The summed E-state index contributed by atoms with van der Waals surface area (Å²) >= 11 is 0.942. The van der Waals surface area contributed by atoms with Crippen molar-refractivity contribution in [3.05, 3.63) is 64.0 Å². The predicted molar refractivity (Wildman–Crippen MR) is 104 cm³/mol. The van der Waals surface area contributed by atoms with E-state index in [4.69, 9.17) is 4.74 Å². The number of carbonyl (C=O) groups excluding carboxylic acids is 1. The number of hydrogen-bond donors (Lipinski definition) is 0. The maximum absolute atomic E-state index is 15.5. The number of nitrogens with zero attached hydrogens (tertiary/aromatic N) is 2. The quantitative estimate of drug-likeness (QED) is 0.605. The molecule has 7 heteroatoms. The van der Waals surface area contributed by atoms with Gasteiger partial charge in [-0.1, -0.05) is 36.4 Å². The first-order chi connectivity index (χ1) is 13.6. The van der Waals surface area contributed by atoms with Crippen LogP contribution in [0.15, 0.2) is 42.5 Å². The maximum atomic E-state index is 15.5. The fourth-order valence-electron chi connectivity index (χ4n) is 3.45. The van der Waals surface area contributed by atoms with Crippen LogP contribution in [0.5, 0.6) is 0 Å². The Morgan fingerprint density at radius 2 is 1.86 bits per heavy atom. The Labute approximate surface area is 164 Å². The summed E-state index contributed by atoms with van der Waals surface area (Å²) in [4.78, 5) is 13.3. The number of anilines is 1. The molecule has 0 radical (unpaired) electrons. The molecule has 1 aliphatic heterocycles. The van der Waals surface area contributed by atoms with E-state index in [9.17, 15) is 10.1 Å². The van der Waals surface area contributed by atoms with E-state index in [0.29, 0.717) is 43.0 Å². The monoisotopic (exact) mass is 398 g/mol. The van der Waals surface area contributed by atoms with Gasteiger partial charge in [-0.15, -0.1) is 11.3 Å². The summed E-state index contributed by atoms with van der Waals surface area (Å²) < 4.78 is 36.4. The van der Waals surface area contributed by atoms with E-state index in [2.05, 4.69) is 0 Å². The zero-order chi connectivity index (χ0) is 19.7. The smallest absolute Gasteiger partial charge is 0.301 e. The van der Waals surface area contributed by atoms with E-state index < -0.39 is 11.5 Å². The molecule has 1 saturated heterocycles. The molecule has 1 aromatic heterocycles. The summed E-state index contributed by atoms with van der Waals surface area (Å²) in [7, 11) is 0. The molecule has 0 bridgehead atoms. The Morgan fingerprint density at radius 3 is 2.54 bits per heavy atom. The lowest BCUT2D eigenvalue weighted by molar-refractivity contribution is 0.0423. The molecule has 0 atom stereocenters. The van der Waals surface area contributed by atoms with Gasteiger partial charge in [0.1, 0.15) is 11.1 Å². The van der Waals surface area contributed by atoms with Crippen LogP contribution in [0.25, 0.3) is 10.8 Å². The third-order valence-electron chi connectivity index (χ3n) is 4.86. The molecule has 0 saturated carbocycles. The highest BCUT2D eigenvalue weighted by atomic mass is 32.1. The zero-order valence-corrected chi connectivity index (χ0v) is 15.6. The number of halogens is 2. The van der Waals surface area contributed by atoms with Crippen LogP contribution >= 0.6 is 11.3 Å². The van der Waals surface area contributed by atoms with Crippen LogP contribution in [-0.2, 0) is 10.7 Å². The highest BCUT2D eigenvalue weighted by Gasteiger charge is 2.42. The molecule has 4 rings (SSSR count). The maximum Gasteiger partial charge on any atom is 0.301 e. The van der Waals surface area contributed by atoms with Crippen molar-refractivity contribution in [2.75, 3.05) is 31.2 Å². The minimum atomic E-state index is -3.47.